The maximum absolute atomic E-state index is 14.5. The van der Waals surface area contributed by atoms with Gasteiger partial charge in [0.15, 0.2) is 29.3 Å². The lowest BCUT2D eigenvalue weighted by atomic mass is 10.0. The Balaban J connectivity index is 0.000000567. The monoisotopic (exact) mass is 810 g/mol. The molecule has 2 aromatic heterocycles. The van der Waals surface area contributed by atoms with E-state index in [2.05, 4.69) is 10.3 Å². The maximum Gasteiger partial charge on any atom is 0.416 e. The second kappa shape index (κ2) is 18.9. The van der Waals surface area contributed by atoms with Crippen molar-refractivity contribution in [2.45, 2.75) is 63.2 Å². The van der Waals surface area contributed by atoms with Gasteiger partial charge in [0.2, 0.25) is 5.91 Å². The van der Waals surface area contributed by atoms with Crippen molar-refractivity contribution < 1.29 is 56.8 Å². The van der Waals surface area contributed by atoms with Crippen LogP contribution in [0.5, 0.6) is 0 Å². The van der Waals surface area contributed by atoms with Gasteiger partial charge in [-0.2, -0.15) is 13.2 Å². The van der Waals surface area contributed by atoms with Crippen LogP contribution in [0.4, 0.5) is 22.0 Å². The van der Waals surface area contributed by atoms with Crippen LogP contribution in [0.3, 0.4) is 0 Å². The van der Waals surface area contributed by atoms with E-state index in [0.717, 1.165) is 55.3 Å². The number of carbonyl (C=O) groups is 3. The molecule has 1 aliphatic heterocycles. The van der Waals surface area contributed by atoms with Gasteiger partial charge in [0.25, 0.3) is 0 Å². The van der Waals surface area contributed by atoms with Crippen molar-refractivity contribution in [3.8, 4) is 11.1 Å². The average molecular weight is 811 g/mol. The molecule has 3 aromatic carbocycles. The number of aromatic nitrogens is 2. The van der Waals surface area contributed by atoms with Gasteiger partial charge in [0, 0.05) is 30.5 Å². The molecule has 2 unspecified atom stereocenters. The summed E-state index contributed by atoms with van der Waals surface area (Å²) >= 11 is 0. The molecule has 0 spiro atoms. The summed E-state index contributed by atoms with van der Waals surface area (Å²) in [6, 6.07) is 21.0. The Morgan fingerprint density at radius 1 is 0.845 bits per heavy atom. The zero-order valence-electron chi connectivity index (χ0n) is 30.7. The summed E-state index contributed by atoms with van der Waals surface area (Å²) < 4.78 is 69.2. The SMILES string of the molecule is O=C(Cn1c(CCc2cccc(F)c2F)cc(=O)c2cccnc21)N(Cc1ccc(-c2ccc(C(F)(F)F)cc2)cc1)C1CCNCC1.O=C(O)C(O)C(O)C(=O)O. The average Bonchev–Trinajstić information content (AvgIpc) is 3.21. The molecule has 0 saturated carbocycles. The summed E-state index contributed by atoms with van der Waals surface area (Å²) in [5.41, 5.74) is 2.23. The summed E-state index contributed by atoms with van der Waals surface area (Å²) in [6.07, 6.45) is -5.64. The number of pyridine rings is 2. The van der Waals surface area contributed by atoms with E-state index >= 15 is 0 Å². The molecule has 3 heterocycles. The van der Waals surface area contributed by atoms with Gasteiger partial charge in [0.1, 0.15) is 12.2 Å². The third-order valence-electron chi connectivity index (χ3n) is 9.65. The Morgan fingerprint density at radius 2 is 1.45 bits per heavy atom. The Hall–Kier alpha value is -6.04. The summed E-state index contributed by atoms with van der Waals surface area (Å²) in [7, 11) is 0. The zero-order chi connectivity index (χ0) is 42.1. The number of nitrogens with zero attached hydrogens (tertiary/aromatic N) is 3. The Morgan fingerprint density at radius 3 is 2.03 bits per heavy atom. The van der Waals surface area contributed by atoms with E-state index in [1.807, 2.05) is 29.2 Å². The number of nitrogens with one attached hydrogen (secondary N) is 1. The lowest BCUT2D eigenvalue weighted by molar-refractivity contribution is -0.165. The summed E-state index contributed by atoms with van der Waals surface area (Å²) in [6.45, 7) is 1.66. The normalized spacial score (nSPS) is 14.3. The van der Waals surface area contributed by atoms with Crippen LogP contribution in [-0.4, -0.2) is 84.1 Å². The zero-order valence-corrected chi connectivity index (χ0v) is 30.7. The van der Waals surface area contributed by atoms with Gasteiger partial charge >= 0.3 is 18.1 Å². The molecule has 17 heteroatoms. The number of hydrogen-bond donors (Lipinski definition) is 5. The lowest BCUT2D eigenvalue weighted by Gasteiger charge is -2.35. The molecular weight excluding hydrogens is 771 g/mol. The number of halogens is 5. The lowest BCUT2D eigenvalue weighted by Crippen LogP contribution is -2.47. The highest BCUT2D eigenvalue weighted by atomic mass is 19.4. The topological polar surface area (TPSA) is 182 Å². The molecule has 1 aliphatic rings. The van der Waals surface area contributed by atoms with Gasteiger partial charge < -0.3 is 35.2 Å². The fourth-order valence-corrected chi connectivity index (χ4v) is 6.52. The van der Waals surface area contributed by atoms with Crippen molar-refractivity contribution in [3.05, 3.63) is 135 Å². The summed E-state index contributed by atoms with van der Waals surface area (Å²) in [4.78, 5) is 53.1. The van der Waals surface area contributed by atoms with E-state index in [1.165, 1.54) is 30.3 Å². The molecule has 5 aromatic rings. The maximum atomic E-state index is 14.5. The molecule has 1 saturated heterocycles. The van der Waals surface area contributed by atoms with Crippen LogP contribution in [0.1, 0.15) is 35.2 Å². The van der Waals surface area contributed by atoms with E-state index in [-0.39, 0.29) is 42.3 Å². The van der Waals surface area contributed by atoms with Crippen molar-refractivity contribution in [3.63, 3.8) is 0 Å². The van der Waals surface area contributed by atoms with Gasteiger partial charge in [-0.05, 0) is 91.4 Å². The Kier molecular flexibility index (Phi) is 14.1. The first-order chi connectivity index (χ1) is 27.5. The molecule has 0 aliphatic carbocycles. The van der Waals surface area contributed by atoms with E-state index in [4.69, 9.17) is 20.4 Å². The van der Waals surface area contributed by atoms with Crippen LogP contribution in [0.2, 0.25) is 0 Å². The first-order valence-electron chi connectivity index (χ1n) is 18.0. The minimum atomic E-state index is -4.41. The second-order valence-corrected chi connectivity index (χ2v) is 13.5. The number of rotatable bonds is 12. The van der Waals surface area contributed by atoms with Gasteiger partial charge in [-0.1, -0.05) is 48.5 Å². The van der Waals surface area contributed by atoms with Crippen LogP contribution in [0, 0.1) is 11.6 Å². The van der Waals surface area contributed by atoms with E-state index in [1.54, 1.807) is 22.9 Å². The number of aliphatic hydroxyl groups is 2. The Labute approximate surface area is 327 Å². The molecular formula is C41H39F5N4O8. The third kappa shape index (κ3) is 10.7. The first kappa shape index (κ1) is 43.1. The van der Waals surface area contributed by atoms with Gasteiger partial charge in [-0.3, -0.25) is 9.59 Å². The summed E-state index contributed by atoms with van der Waals surface area (Å²) in [5.74, 6) is -5.62. The molecule has 1 fully saturated rings. The number of benzene rings is 3. The number of aryl methyl sites for hydroxylation is 2. The number of carbonyl (C=O) groups excluding carboxylic acids is 1. The standard InChI is InChI=1S/C37H33F5N4O2.C4H6O6/c38-32-5-1-3-27(35(32)39)12-15-30-21-33(47)31-4-2-18-44-36(31)46(30)23-34(48)45(29-16-19-43-20-17-29)22-24-6-8-25(9-7-24)26-10-13-28(14-11-26)37(40,41)42;5-1(3(7)8)2(6)4(9)10/h1-11,13-14,18,21,29,43H,12,15-17,19-20,22-23H2;1-2,5-6H,(H,7,8)(H,9,10). The van der Waals surface area contributed by atoms with Gasteiger partial charge in [-0.25, -0.2) is 23.4 Å². The highest BCUT2D eigenvalue weighted by molar-refractivity contribution is 5.83. The minimum absolute atomic E-state index is 0.0585. The van der Waals surface area contributed by atoms with E-state index in [9.17, 15) is 41.1 Å². The molecule has 5 N–H and O–H groups in total. The molecule has 1 amide bonds. The molecule has 306 valence electrons. The number of piperidine rings is 1. The third-order valence-corrected chi connectivity index (χ3v) is 9.65. The number of carboxylic acids is 2. The van der Waals surface area contributed by atoms with Gasteiger partial charge in [0.05, 0.1) is 10.9 Å². The number of hydrogen-bond acceptors (Lipinski definition) is 8. The predicted octanol–water partition coefficient (Wildman–Crippen LogP) is 4.80. The van der Waals surface area contributed by atoms with Crippen LogP contribution in [0.15, 0.2) is 95.9 Å². The number of fused-ring (bicyclic) bond motifs is 1. The quantitative estimate of drug-likeness (QED) is 0.110. The predicted molar refractivity (Wildman–Crippen MR) is 200 cm³/mol. The first-order valence-corrected chi connectivity index (χ1v) is 18.0. The molecule has 6 rings (SSSR count). The van der Waals surface area contributed by atoms with Crippen LogP contribution in [0.25, 0.3) is 22.2 Å². The molecule has 58 heavy (non-hydrogen) atoms. The fourth-order valence-electron chi connectivity index (χ4n) is 6.52. The Bertz CT molecular complexity index is 2280. The highest BCUT2D eigenvalue weighted by Gasteiger charge is 2.31. The highest BCUT2D eigenvalue weighted by Crippen LogP contribution is 2.31. The molecule has 0 radical (unpaired) electrons. The number of alkyl halides is 3. The molecule has 0 bridgehead atoms. The van der Waals surface area contributed by atoms with Gasteiger partial charge in [-0.15, -0.1) is 0 Å². The number of amides is 1. The van der Waals surface area contributed by atoms with Crippen LogP contribution >= 0.6 is 0 Å². The molecule has 12 nitrogen and oxygen atoms in total. The van der Waals surface area contributed by atoms with Crippen molar-refractivity contribution in [2.24, 2.45) is 0 Å². The van der Waals surface area contributed by atoms with E-state index < -0.39 is 47.5 Å². The van der Waals surface area contributed by atoms with Crippen molar-refractivity contribution in [1.82, 2.24) is 19.8 Å². The number of aliphatic carboxylic acids is 2. The smallest absolute Gasteiger partial charge is 0.416 e. The number of carboxylic acid groups (broad SMARTS) is 2. The van der Waals surface area contributed by atoms with Crippen LogP contribution in [-0.2, 0) is 46.5 Å². The largest absolute Gasteiger partial charge is 0.479 e. The number of aliphatic hydroxyl groups excluding tert-OH is 2. The van der Waals surface area contributed by atoms with Crippen molar-refractivity contribution in [1.29, 1.82) is 0 Å². The van der Waals surface area contributed by atoms with E-state index in [0.29, 0.717) is 28.8 Å². The van der Waals surface area contributed by atoms with Crippen molar-refractivity contribution >= 4 is 28.9 Å². The summed E-state index contributed by atoms with van der Waals surface area (Å²) in [5, 5.41) is 36.2. The second-order valence-electron chi connectivity index (χ2n) is 13.5. The fraction of sp³-hybridized carbons (Fsp3) is 0.293. The minimum Gasteiger partial charge on any atom is -0.479 e. The van der Waals surface area contributed by atoms with Crippen molar-refractivity contribution in [2.75, 3.05) is 13.1 Å². The van der Waals surface area contributed by atoms with Crippen LogP contribution < -0.4 is 10.7 Å². The molecule has 2 atom stereocenters.